The molecule has 4 rings (SSSR count). The molecule has 4 nitrogen and oxygen atoms in total. The fourth-order valence-corrected chi connectivity index (χ4v) is 3.16. The summed E-state index contributed by atoms with van der Waals surface area (Å²) >= 11 is 0. The number of para-hydroxylation sites is 2. The second-order valence-electron chi connectivity index (χ2n) is 6.27. The molecule has 128 valence electrons. The third kappa shape index (κ3) is 2.97. The first kappa shape index (κ1) is 16.1. The Kier molecular flexibility index (Phi) is 4.23. The summed E-state index contributed by atoms with van der Waals surface area (Å²) in [6, 6.07) is 24.0. The van der Waals surface area contributed by atoms with Crippen molar-refractivity contribution < 1.29 is 4.79 Å². The highest BCUT2D eigenvalue weighted by atomic mass is 16.2. The van der Waals surface area contributed by atoms with E-state index in [0.717, 1.165) is 27.4 Å². The van der Waals surface area contributed by atoms with Gasteiger partial charge in [0, 0.05) is 10.8 Å². The van der Waals surface area contributed by atoms with Gasteiger partial charge < -0.3 is 5.43 Å². The molecule has 0 aliphatic heterocycles. The van der Waals surface area contributed by atoms with Crippen LogP contribution in [-0.4, -0.2) is 23.2 Å². The van der Waals surface area contributed by atoms with Crippen LogP contribution in [0.15, 0.2) is 77.9 Å². The molecule has 0 bridgehead atoms. The number of benzene rings is 3. The maximum absolute atomic E-state index is 12.8. The monoisotopic (exact) mass is 341 g/mol. The number of fused-ring (bicyclic) bond motifs is 3. The second kappa shape index (κ2) is 6.84. The highest BCUT2D eigenvalue weighted by molar-refractivity contribution is 6.13. The summed E-state index contributed by atoms with van der Waals surface area (Å²) in [4.78, 5) is 12.8. The van der Waals surface area contributed by atoms with Gasteiger partial charge in [-0.1, -0.05) is 66.2 Å². The Morgan fingerprint density at radius 2 is 1.50 bits per heavy atom. The third-order valence-electron chi connectivity index (χ3n) is 4.44. The summed E-state index contributed by atoms with van der Waals surface area (Å²) in [5.41, 5.74) is 6.90. The van der Waals surface area contributed by atoms with Crippen LogP contribution >= 0.6 is 0 Å². The molecule has 0 amide bonds. The van der Waals surface area contributed by atoms with Crippen molar-refractivity contribution in [2.45, 2.75) is 6.92 Å². The van der Waals surface area contributed by atoms with Gasteiger partial charge in [-0.2, -0.15) is 5.10 Å². The highest BCUT2D eigenvalue weighted by Gasteiger charge is 2.14. The molecule has 0 aliphatic carbocycles. The molecule has 4 heteroatoms. The first-order valence-electron chi connectivity index (χ1n) is 8.58. The zero-order chi connectivity index (χ0) is 17.9. The average molecular weight is 341 g/mol. The van der Waals surface area contributed by atoms with Gasteiger partial charge in [-0.25, -0.2) is 0 Å². The second-order valence-corrected chi connectivity index (χ2v) is 6.27. The smallest absolute Gasteiger partial charge is 0.252 e. The molecule has 0 saturated carbocycles. The molecule has 1 N–H and O–H groups in total. The molecular formula is C22H19N3O. The topological polar surface area (TPSA) is 46.4 Å². The third-order valence-corrected chi connectivity index (χ3v) is 4.44. The normalized spacial score (nSPS) is 11.4. The minimum absolute atomic E-state index is 0.0385. The largest absolute Gasteiger partial charge is 0.301 e. The lowest BCUT2D eigenvalue weighted by Crippen LogP contribution is -2.23. The molecule has 26 heavy (non-hydrogen) atoms. The predicted octanol–water partition coefficient (Wildman–Crippen LogP) is 4.37. The van der Waals surface area contributed by atoms with E-state index >= 15 is 0 Å². The van der Waals surface area contributed by atoms with Crippen LogP contribution in [0.25, 0.3) is 21.8 Å². The number of nitrogens with one attached hydrogen (secondary N) is 1. The van der Waals surface area contributed by atoms with Crippen LogP contribution in [-0.2, 0) is 0 Å². The zero-order valence-corrected chi connectivity index (χ0v) is 14.5. The molecule has 0 atom stereocenters. The van der Waals surface area contributed by atoms with Crippen LogP contribution in [0.3, 0.4) is 0 Å². The lowest BCUT2D eigenvalue weighted by molar-refractivity contribution is 0.0923. The standard InChI is InChI=1S/C22H19N3O/c1-16-10-12-17(13-11-16)14-23-24-15-22(26)25-20-8-4-2-6-18(20)19-7-3-5-9-21(19)25/h2-14,24H,15H2,1H3/b23-14+. The van der Waals surface area contributed by atoms with Crippen LogP contribution < -0.4 is 5.43 Å². The first-order valence-corrected chi connectivity index (χ1v) is 8.58. The van der Waals surface area contributed by atoms with Crippen molar-refractivity contribution in [3.8, 4) is 0 Å². The summed E-state index contributed by atoms with van der Waals surface area (Å²) < 4.78 is 1.76. The van der Waals surface area contributed by atoms with Crippen LogP contribution in [0, 0.1) is 6.92 Å². The van der Waals surface area contributed by atoms with Crippen LogP contribution in [0.2, 0.25) is 0 Å². The van der Waals surface area contributed by atoms with Crippen molar-refractivity contribution in [1.82, 2.24) is 9.99 Å². The van der Waals surface area contributed by atoms with Crippen molar-refractivity contribution in [2.75, 3.05) is 6.54 Å². The molecule has 0 saturated heterocycles. The fourth-order valence-electron chi connectivity index (χ4n) is 3.16. The molecule has 0 unspecified atom stereocenters. The molecular weight excluding hydrogens is 322 g/mol. The molecule has 1 heterocycles. The molecule has 0 spiro atoms. The van der Waals surface area contributed by atoms with E-state index in [1.165, 1.54) is 5.56 Å². The Balaban J connectivity index is 1.57. The molecule has 0 radical (unpaired) electrons. The van der Waals surface area contributed by atoms with Gasteiger partial charge in [0.1, 0.15) is 6.54 Å². The van der Waals surface area contributed by atoms with E-state index in [4.69, 9.17) is 0 Å². The summed E-state index contributed by atoms with van der Waals surface area (Å²) in [6.45, 7) is 2.18. The Morgan fingerprint density at radius 3 is 2.12 bits per heavy atom. The van der Waals surface area contributed by atoms with E-state index in [9.17, 15) is 4.79 Å². The van der Waals surface area contributed by atoms with Gasteiger partial charge in [0.2, 0.25) is 0 Å². The quantitative estimate of drug-likeness (QED) is 0.443. The Morgan fingerprint density at radius 1 is 0.923 bits per heavy atom. The van der Waals surface area contributed by atoms with Crippen molar-refractivity contribution in [2.24, 2.45) is 5.10 Å². The molecule has 0 fully saturated rings. The predicted molar refractivity (Wildman–Crippen MR) is 107 cm³/mol. The van der Waals surface area contributed by atoms with Gasteiger partial charge in [-0.3, -0.25) is 9.36 Å². The number of hydrazone groups is 1. The van der Waals surface area contributed by atoms with Crippen molar-refractivity contribution in [1.29, 1.82) is 0 Å². The van der Waals surface area contributed by atoms with Crippen molar-refractivity contribution >= 4 is 33.9 Å². The number of aryl methyl sites for hydroxylation is 1. The van der Waals surface area contributed by atoms with Gasteiger partial charge in [-0.15, -0.1) is 0 Å². The van der Waals surface area contributed by atoms with Gasteiger partial charge in [0.15, 0.2) is 0 Å². The molecule has 0 aliphatic rings. The zero-order valence-electron chi connectivity index (χ0n) is 14.5. The highest BCUT2D eigenvalue weighted by Crippen LogP contribution is 2.28. The summed E-state index contributed by atoms with van der Waals surface area (Å²) in [6.07, 6.45) is 1.72. The van der Waals surface area contributed by atoms with Crippen LogP contribution in [0.4, 0.5) is 0 Å². The number of hydrogen-bond donors (Lipinski definition) is 1. The van der Waals surface area contributed by atoms with E-state index in [0.29, 0.717) is 0 Å². The van der Waals surface area contributed by atoms with E-state index in [-0.39, 0.29) is 12.5 Å². The summed E-state index contributed by atoms with van der Waals surface area (Å²) in [5, 5.41) is 6.34. The Bertz CT molecular complexity index is 1050. The summed E-state index contributed by atoms with van der Waals surface area (Å²) in [7, 11) is 0. The molecule has 4 aromatic rings. The van der Waals surface area contributed by atoms with Crippen LogP contribution in [0.5, 0.6) is 0 Å². The maximum atomic E-state index is 12.8. The number of hydrogen-bond acceptors (Lipinski definition) is 3. The number of carbonyl (C=O) groups excluding carboxylic acids is 1. The van der Waals surface area contributed by atoms with Gasteiger partial charge in [0.05, 0.1) is 17.2 Å². The van der Waals surface area contributed by atoms with E-state index in [2.05, 4.69) is 10.5 Å². The molecule has 3 aromatic carbocycles. The van der Waals surface area contributed by atoms with Gasteiger partial charge >= 0.3 is 0 Å². The van der Waals surface area contributed by atoms with Gasteiger partial charge in [0.25, 0.3) is 5.91 Å². The number of rotatable bonds is 4. The molecule has 1 aromatic heterocycles. The van der Waals surface area contributed by atoms with Gasteiger partial charge in [-0.05, 0) is 24.6 Å². The Labute approximate surface area is 151 Å². The summed E-state index contributed by atoms with van der Waals surface area (Å²) in [5.74, 6) is -0.0385. The first-order chi connectivity index (χ1) is 12.7. The average Bonchev–Trinajstić information content (AvgIpc) is 3.01. The minimum atomic E-state index is -0.0385. The van der Waals surface area contributed by atoms with Crippen molar-refractivity contribution in [3.05, 3.63) is 83.9 Å². The van der Waals surface area contributed by atoms with E-state index < -0.39 is 0 Å². The number of nitrogens with zero attached hydrogens (tertiary/aromatic N) is 2. The lowest BCUT2D eigenvalue weighted by Gasteiger charge is -2.05. The number of carbonyl (C=O) groups is 1. The van der Waals surface area contributed by atoms with E-state index in [1.54, 1.807) is 10.8 Å². The van der Waals surface area contributed by atoms with E-state index in [1.807, 2.05) is 79.7 Å². The minimum Gasteiger partial charge on any atom is -0.301 e. The SMILES string of the molecule is Cc1ccc(/C=N/NCC(=O)n2c3ccccc3c3ccccc32)cc1. The van der Waals surface area contributed by atoms with Crippen LogP contribution in [0.1, 0.15) is 15.9 Å². The Hall–Kier alpha value is -3.40. The maximum Gasteiger partial charge on any atom is 0.252 e. The van der Waals surface area contributed by atoms with Crippen molar-refractivity contribution in [3.63, 3.8) is 0 Å². The number of aromatic nitrogens is 1. The fraction of sp³-hybridized carbons (Fsp3) is 0.0909. The lowest BCUT2D eigenvalue weighted by atomic mass is 10.2.